The molecule has 3 aromatic carbocycles. The second-order valence-electron chi connectivity index (χ2n) is 7.79. The molecule has 0 amide bonds. The van der Waals surface area contributed by atoms with Gasteiger partial charge >= 0.3 is 0 Å². The quantitative estimate of drug-likeness (QED) is 0.421. The number of benzene rings is 3. The van der Waals surface area contributed by atoms with E-state index < -0.39 is 0 Å². The van der Waals surface area contributed by atoms with Crippen molar-refractivity contribution in [2.45, 2.75) is 19.4 Å². The van der Waals surface area contributed by atoms with Crippen molar-refractivity contribution >= 4 is 16.9 Å². The maximum atomic E-state index is 6.39. The predicted octanol–water partition coefficient (Wildman–Crippen LogP) is 5.24. The lowest BCUT2D eigenvalue weighted by atomic mass is 10.1. The van der Waals surface area contributed by atoms with Crippen LogP contribution in [0.5, 0.6) is 0 Å². The molecule has 0 saturated carbocycles. The summed E-state index contributed by atoms with van der Waals surface area (Å²) in [7, 11) is 0. The monoisotopic (exact) mass is 404 g/mol. The maximum Gasteiger partial charge on any atom is 0.151 e. The summed E-state index contributed by atoms with van der Waals surface area (Å²) in [5.41, 5.74) is 12.8. The molecule has 0 fully saturated rings. The van der Waals surface area contributed by atoms with Crippen molar-refractivity contribution in [3.63, 3.8) is 0 Å². The minimum Gasteiger partial charge on any atom is -0.382 e. The molecule has 0 bridgehead atoms. The van der Waals surface area contributed by atoms with Gasteiger partial charge in [-0.05, 0) is 22.8 Å². The molecule has 0 atom stereocenters. The highest BCUT2D eigenvalue weighted by molar-refractivity contribution is 5.86. The number of rotatable bonds is 6. The first-order valence-corrected chi connectivity index (χ1v) is 10.5. The smallest absolute Gasteiger partial charge is 0.151 e. The van der Waals surface area contributed by atoms with E-state index in [1.165, 1.54) is 16.7 Å². The molecule has 31 heavy (non-hydrogen) atoms. The van der Waals surface area contributed by atoms with E-state index in [-0.39, 0.29) is 0 Å². The fourth-order valence-electron chi connectivity index (χ4n) is 4.00. The third-order valence-corrected chi connectivity index (χ3v) is 5.51. The van der Waals surface area contributed by atoms with Crippen LogP contribution in [0.4, 0.5) is 5.82 Å². The Morgan fingerprint density at radius 1 is 0.645 bits per heavy atom. The van der Waals surface area contributed by atoms with Gasteiger partial charge in [-0.1, -0.05) is 91.0 Å². The van der Waals surface area contributed by atoms with E-state index in [1.54, 1.807) is 0 Å². The average Bonchev–Trinajstić information content (AvgIpc) is 3.13. The lowest BCUT2D eigenvalue weighted by Crippen LogP contribution is -2.06. The molecule has 5 aromatic rings. The lowest BCUT2D eigenvalue weighted by Gasteiger charge is -2.11. The van der Waals surface area contributed by atoms with E-state index in [1.807, 2.05) is 18.2 Å². The van der Waals surface area contributed by atoms with Gasteiger partial charge in [0.2, 0.25) is 0 Å². The van der Waals surface area contributed by atoms with Crippen LogP contribution in [0, 0.1) is 0 Å². The number of aromatic nitrogens is 3. The number of anilines is 1. The molecule has 2 aromatic heterocycles. The summed E-state index contributed by atoms with van der Waals surface area (Å²) in [6.07, 6.45) is 1.49. The Balaban J connectivity index is 1.61. The fraction of sp³-hybridized carbons (Fsp3) is 0.111. The van der Waals surface area contributed by atoms with Crippen LogP contribution in [0.25, 0.3) is 11.0 Å². The molecule has 0 unspecified atom stereocenters. The van der Waals surface area contributed by atoms with Gasteiger partial charge in [-0.2, -0.15) is 0 Å². The molecular formula is C27H24N4. The van der Waals surface area contributed by atoms with E-state index in [2.05, 4.69) is 88.4 Å². The topological polar surface area (TPSA) is 56.7 Å². The fourth-order valence-corrected chi connectivity index (χ4v) is 4.00. The highest BCUT2D eigenvalue weighted by Gasteiger charge is 2.16. The highest BCUT2D eigenvalue weighted by Crippen LogP contribution is 2.25. The van der Waals surface area contributed by atoms with Crippen LogP contribution >= 0.6 is 0 Å². The minimum absolute atomic E-state index is 0.490. The van der Waals surface area contributed by atoms with Crippen LogP contribution in [0.3, 0.4) is 0 Å². The van der Waals surface area contributed by atoms with Gasteiger partial charge in [0.25, 0.3) is 0 Å². The zero-order valence-corrected chi connectivity index (χ0v) is 17.3. The number of fused-ring (bicyclic) bond motifs is 1. The van der Waals surface area contributed by atoms with Crippen molar-refractivity contribution in [1.82, 2.24) is 14.5 Å². The molecule has 152 valence electrons. The van der Waals surface area contributed by atoms with Crippen LogP contribution in [-0.4, -0.2) is 14.5 Å². The van der Waals surface area contributed by atoms with Crippen molar-refractivity contribution in [2.24, 2.45) is 0 Å². The summed E-state index contributed by atoms with van der Waals surface area (Å²) in [5, 5.41) is 0. The van der Waals surface area contributed by atoms with E-state index in [9.17, 15) is 0 Å². The Bertz CT molecular complexity index is 1290. The van der Waals surface area contributed by atoms with Gasteiger partial charge in [-0.15, -0.1) is 0 Å². The van der Waals surface area contributed by atoms with E-state index in [4.69, 9.17) is 10.7 Å². The van der Waals surface area contributed by atoms with Gasteiger partial charge in [0.1, 0.15) is 11.3 Å². The molecular weight excluding hydrogens is 380 g/mol. The Morgan fingerprint density at radius 3 is 1.81 bits per heavy atom. The number of imidazole rings is 1. The van der Waals surface area contributed by atoms with Gasteiger partial charge in [0.15, 0.2) is 5.82 Å². The van der Waals surface area contributed by atoms with E-state index in [0.29, 0.717) is 5.82 Å². The lowest BCUT2D eigenvalue weighted by molar-refractivity contribution is 0.762. The van der Waals surface area contributed by atoms with Gasteiger partial charge in [0.05, 0.1) is 5.52 Å². The second kappa shape index (κ2) is 8.44. The molecule has 0 saturated heterocycles. The van der Waals surface area contributed by atoms with Crippen LogP contribution in [-0.2, 0) is 19.4 Å². The standard InChI is InChI=1S/C27H24N4/c28-27-26-24(18-23(29-27)16-20-10-4-1-5-11-20)31(19-22-14-8-3-9-15-22)25(30-26)17-21-12-6-2-7-13-21/h1-15,18H,16-17,19H2,(H2,28,29). The summed E-state index contributed by atoms with van der Waals surface area (Å²) >= 11 is 0. The Labute approximate surface area is 182 Å². The molecule has 2 N–H and O–H groups in total. The van der Waals surface area contributed by atoms with Gasteiger partial charge < -0.3 is 10.3 Å². The summed E-state index contributed by atoms with van der Waals surface area (Å²) in [5.74, 6) is 1.49. The van der Waals surface area contributed by atoms with E-state index >= 15 is 0 Å². The van der Waals surface area contributed by atoms with Crippen LogP contribution in [0.2, 0.25) is 0 Å². The normalized spacial score (nSPS) is 11.1. The first-order valence-electron chi connectivity index (χ1n) is 10.5. The van der Waals surface area contributed by atoms with Gasteiger partial charge in [-0.25, -0.2) is 9.97 Å². The molecule has 0 aliphatic carbocycles. The third-order valence-electron chi connectivity index (χ3n) is 5.51. The van der Waals surface area contributed by atoms with Crippen LogP contribution in [0.1, 0.15) is 28.2 Å². The number of nitrogen functional groups attached to an aromatic ring is 1. The molecule has 5 rings (SSSR count). The SMILES string of the molecule is Nc1nc(Cc2ccccc2)cc2c1nc(Cc1ccccc1)n2Cc1ccccc1. The average molecular weight is 405 g/mol. The van der Waals surface area contributed by atoms with Crippen LogP contribution < -0.4 is 5.73 Å². The molecule has 2 heterocycles. The predicted molar refractivity (Wildman–Crippen MR) is 126 cm³/mol. The van der Waals surface area contributed by atoms with Crippen molar-refractivity contribution in [3.05, 3.63) is 125 Å². The molecule has 0 radical (unpaired) electrons. The summed E-state index contributed by atoms with van der Waals surface area (Å²) in [6.45, 7) is 0.744. The largest absolute Gasteiger partial charge is 0.382 e. The summed E-state index contributed by atoms with van der Waals surface area (Å²) in [6, 6.07) is 33.4. The highest BCUT2D eigenvalue weighted by atomic mass is 15.1. The zero-order chi connectivity index (χ0) is 21.0. The van der Waals surface area contributed by atoms with Crippen molar-refractivity contribution < 1.29 is 0 Å². The third kappa shape index (κ3) is 4.19. The number of pyridine rings is 1. The second-order valence-corrected chi connectivity index (χ2v) is 7.79. The maximum absolute atomic E-state index is 6.39. The van der Waals surface area contributed by atoms with Crippen molar-refractivity contribution in [3.8, 4) is 0 Å². The molecule has 0 aliphatic rings. The Hall–Kier alpha value is -3.92. The first kappa shape index (κ1) is 19.1. The first-order chi connectivity index (χ1) is 15.3. The number of hydrogen-bond acceptors (Lipinski definition) is 3. The van der Waals surface area contributed by atoms with Crippen molar-refractivity contribution in [1.29, 1.82) is 0 Å². The van der Waals surface area contributed by atoms with Crippen molar-refractivity contribution in [2.75, 3.05) is 5.73 Å². The summed E-state index contributed by atoms with van der Waals surface area (Å²) in [4.78, 5) is 9.59. The molecule has 4 nitrogen and oxygen atoms in total. The summed E-state index contributed by atoms with van der Waals surface area (Å²) < 4.78 is 2.28. The molecule has 4 heteroatoms. The molecule has 0 spiro atoms. The Kier molecular flexibility index (Phi) is 5.19. The number of nitrogens with two attached hydrogens (primary N) is 1. The Morgan fingerprint density at radius 2 is 1.19 bits per heavy atom. The van der Waals surface area contributed by atoms with Gasteiger partial charge in [0, 0.05) is 25.1 Å². The molecule has 0 aliphatic heterocycles. The van der Waals surface area contributed by atoms with Crippen LogP contribution in [0.15, 0.2) is 97.1 Å². The minimum atomic E-state index is 0.490. The number of nitrogens with zero attached hydrogens (tertiary/aromatic N) is 3. The zero-order valence-electron chi connectivity index (χ0n) is 17.3. The van der Waals surface area contributed by atoms with Gasteiger partial charge in [-0.3, -0.25) is 0 Å². The van der Waals surface area contributed by atoms with E-state index in [0.717, 1.165) is 41.9 Å². The number of hydrogen-bond donors (Lipinski definition) is 1.